The quantitative estimate of drug-likeness (QED) is 0.193. The number of nitrogens with one attached hydrogen (secondary N) is 3. The number of benzene rings is 3. The fourth-order valence-electron chi connectivity index (χ4n) is 3.51. The zero-order valence-corrected chi connectivity index (χ0v) is 20.8. The normalized spacial score (nSPS) is 11.3. The molecule has 3 aromatic rings. The average Bonchev–Trinajstić information content (AvgIpc) is 2.86. The molecule has 37 heavy (non-hydrogen) atoms. The van der Waals surface area contributed by atoms with E-state index < -0.39 is 18.2 Å². The zero-order valence-electron chi connectivity index (χ0n) is 20.8. The van der Waals surface area contributed by atoms with E-state index in [1.165, 1.54) is 25.3 Å². The van der Waals surface area contributed by atoms with Gasteiger partial charge in [-0.25, -0.2) is 9.59 Å². The fraction of sp³-hybridized carbons (Fsp3) is 0.222. The number of Topliss-reactive ketones (excluding diaryl/α,β-unsaturated/α-hetero) is 1. The summed E-state index contributed by atoms with van der Waals surface area (Å²) in [7, 11) is 1.49. The van der Waals surface area contributed by atoms with Crippen LogP contribution >= 0.6 is 0 Å². The molecule has 3 rings (SSSR count). The number of carboxylic acid groups (broad SMARTS) is 1. The summed E-state index contributed by atoms with van der Waals surface area (Å²) >= 11 is 0. The van der Waals surface area contributed by atoms with E-state index in [2.05, 4.69) is 16.0 Å². The van der Waals surface area contributed by atoms with E-state index in [4.69, 9.17) is 20.3 Å². The lowest BCUT2D eigenvalue weighted by atomic mass is 10.1. The molecular weight excluding hydrogens is 476 g/mol. The third-order valence-electron chi connectivity index (χ3n) is 5.46. The number of aryl methyl sites for hydroxylation is 1. The van der Waals surface area contributed by atoms with Crippen molar-refractivity contribution in [1.82, 2.24) is 5.32 Å². The number of ketones is 1. The molecule has 0 aromatic heterocycles. The maximum Gasteiger partial charge on any atom is 0.335 e. The molecule has 0 saturated heterocycles. The van der Waals surface area contributed by atoms with Crippen LogP contribution in [0.4, 0.5) is 21.9 Å². The molecule has 0 heterocycles. The molecule has 0 aliphatic carbocycles. The van der Waals surface area contributed by atoms with Crippen LogP contribution in [0.25, 0.3) is 0 Å². The number of aromatic carboxylic acids is 1. The first-order valence-electron chi connectivity index (χ1n) is 11.5. The second-order valence-corrected chi connectivity index (χ2v) is 8.34. The van der Waals surface area contributed by atoms with Gasteiger partial charge >= 0.3 is 12.0 Å². The summed E-state index contributed by atoms with van der Waals surface area (Å²) in [6.45, 7) is 3.65. The van der Waals surface area contributed by atoms with Gasteiger partial charge in [-0.15, -0.1) is 0 Å². The van der Waals surface area contributed by atoms with Gasteiger partial charge in [0.15, 0.2) is 5.78 Å². The largest absolute Gasteiger partial charge is 0.495 e. The molecule has 1 atom stereocenters. The van der Waals surface area contributed by atoms with Crippen LogP contribution < -0.4 is 31.2 Å². The van der Waals surface area contributed by atoms with Crippen LogP contribution in [-0.4, -0.2) is 42.8 Å². The van der Waals surface area contributed by atoms with Crippen LogP contribution in [-0.2, 0) is 11.2 Å². The molecular formula is C27H30N4O6. The summed E-state index contributed by atoms with van der Waals surface area (Å²) in [6, 6.07) is 16.3. The van der Waals surface area contributed by atoms with E-state index in [0.717, 1.165) is 11.1 Å². The van der Waals surface area contributed by atoms with Crippen LogP contribution in [0.3, 0.4) is 0 Å². The Morgan fingerprint density at radius 2 is 1.70 bits per heavy atom. The number of carbonyl (C=O) groups is 3. The smallest absolute Gasteiger partial charge is 0.335 e. The topological polar surface area (TPSA) is 152 Å². The van der Waals surface area contributed by atoms with Crippen molar-refractivity contribution in [2.45, 2.75) is 26.5 Å². The van der Waals surface area contributed by atoms with E-state index >= 15 is 0 Å². The molecule has 194 valence electrons. The molecule has 3 aromatic carbocycles. The summed E-state index contributed by atoms with van der Waals surface area (Å²) in [5, 5.41) is 17.6. The number of hydrogen-bond acceptors (Lipinski definition) is 7. The number of amides is 2. The Morgan fingerprint density at radius 3 is 2.38 bits per heavy atom. The van der Waals surface area contributed by atoms with Crippen molar-refractivity contribution in [2.75, 3.05) is 30.0 Å². The monoisotopic (exact) mass is 506 g/mol. The first-order valence-corrected chi connectivity index (χ1v) is 11.5. The highest BCUT2D eigenvalue weighted by atomic mass is 16.5. The summed E-state index contributed by atoms with van der Waals surface area (Å²) in [5.74, 6) is -0.433. The first-order chi connectivity index (χ1) is 17.7. The molecule has 0 fully saturated rings. The number of nitrogens with two attached hydrogens (primary N) is 1. The molecule has 0 bridgehead atoms. The van der Waals surface area contributed by atoms with Crippen molar-refractivity contribution in [2.24, 2.45) is 0 Å². The van der Waals surface area contributed by atoms with Gasteiger partial charge in [0.05, 0.1) is 30.6 Å². The number of carbonyl (C=O) groups excluding carboxylic acids is 2. The van der Waals surface area contributed by atoms with E-state index in [-0.39, 0.29) is 30.0 Å². The van der Waals surface area contributed by atoms with Gasteiger partial charge in [0, 0.05) is 12.1 Å². The zero-order chi connectivity index (χ0) is 26.9. The minimum atomic E-state index is -1.08. The van der Waals surface area contributed by atoms with E-state index in [1.54, 1.807) is 25.1 Å². The number of anilines is 3. The highest BCUT2D eigenvalue weighted by molar-refractivity contribution is 6.01. The maximum absolute atomic E-state index is 12.5. The van der Waals surface area contributed by atoms with Gasteiger partial charge in [-0.1, -0.05) is 24.3 Å². The van der Waals surface area contributed by atoms with Crippen molar-refractivity contribution < 1.29 is 29.0 Å². The first kappa shape index (κ1) is 27.0. The highest BCUT2D eigenvalue weighted by Crippen LogP contribution is 2.27. The van der Waals surface area contributed by atoms with Gasteiger partial charge < -0.3 is 30.9 Å². The molecule has 1 unspecified atom stereocenters. The Hall–Kier alpha value is -4.57. The van der Waals surface area contributed by atoms with Crippen LogP contribution in [0.1, 0.15) is 28.4 Å². The number of hydrogen-bond donors (Lipinski definition) is 5. The SMILES string of the molecule is COc1cc(CC(=O)CNC(C)Oc2ccc(C(=O)O)cc2N)ccc1NC(=O)Nc1ccccc1C. The van der Waals surface area contributed by atoms with Gasteiger partial charge in [0.2, 0.25) is 0 Å². The Kier molecular flexibility index (Phi) is 9.06. The lowest BCUT2D eigenvalue weighted by molar-refractivity contribution is -0.118. The number of rotatable bonds is 11. The Labute approximate surface area is 214 Å². The second-order valence-electron chi connectivity index (χ2n) is 8.34. The lowest BCUT2D eigenvalue weighted by Gasteiger charge is -2.17. The number of nitrogen functional groups attached to an aromatic ring is 1. The van der Waals surface area contributed by atoms with Crippen molar-refractivity contribution in [1.29, 1.82) is 0 Å². The third kappa shape index (κ3) is 7.71. The highest BCUT2D eigenvalue weighted by Gasteiger charge is 2.14. The van der Waals surface area contributed by atoms with Crippen molar-refractivity contribution in [3.8, 4) is 11.5 Å². The van der Waals surface area contributed by atoms with Crippen LogP contribution in [0.5, 0.6) is 11.5 Å². The average molecular weight is 507 g/mol. The molecule has 0 saturated carbocycles. The third-order valence-corrected chi connectivity index (χ3v) is 5.46. The molecule has 2 amide bonds. The number of carboxylic acids is 1. The van der Waals surface area contributed by atoms with E-state index in [1.807, 2.05) is 31.2 Å². The number of para-hydroxylation sites is 1. The minimum Gasteiger partial charge on any atom is -0.495 e. The summed E-state index contributed by atoms with van der Waals surface area (Å²) < 4.78 is 11.1. The molecule has 10 heteroatoms. The molecule has 0 aliphatic rings. The number of ether oxygens (including phenoxy) is 2. The number of urea groups is 1. The predicted molar refractivity (Wildman–Crippen MR) is 141 cm³/mol. The minimum absolute atomic E-state index is 0.0371. The van der Waals surface area contributed by atoms with Crippen LogP contribution in [0.15, 0.2) is 60.7 Å². The summed E-state index contributed by atoms with van der Waals surface area (Å²) in [4.78, 5) is 36.0. The van der Waals surface area contributed by atoms with Gasteiger partial charge in [-0.3, -0.25) is 10.1 Å². The Bertz CT molecular complexity index is 1290. The van der Waals surface area contributed by atoms with Crippen molar-refractivity contribution >= 4 is 34.8 Å². The summed E-state index contributed by atoms with van der Waals surface area (Å²) in [6.07, 6.45) is -0.406. The van der Waals surface area contributed by atoms with E-state index in [9.17, 15) is 14.4 Å². The molecule has 0 radical (unpaired) electrons. The molecule has 6 N–H and O–H groups in total. The van der Waals surface area contributed by atoms with Gasteiger partial charge in [-0.2, -0.15) is 0 Å². The van der Waals surface area contributed by atoms with Crippen molar-refractivity contribution in [3.05, 3.63) is 77.4 Å². The summed E-state index contributed by atoms with van der Waals surface area (Å²) in [5.41, 5.74) is 8.93. The molecule has 10 nitrogen and oxygen atoms in total. The van der Waals surface area contributed by atoms with Gasteiger partial charge in [-0.05, 0) is 61.4 Å². The lowest BCUT2D eigenvalue weighted by Crippen LogP contribution is -2.36. The standard InChI is InChI=1S/C27H30N4O6/c1-16-6-4-5-7-22(16)30-27(35)31-23-10-8-18(13-25(23)36-3)12-20(32)15-29-17(2)37-24-11-9-19(26(33)34)14-21(24)28/h4-11,13-14,17,29H,12,15,28H2,1-3H3,(H,33,34)(H2,30,31,35). The van der Waals surface area contributed by atoms with Crippen molar-refractivity contribution in [3.63, 3.8) is 0 Å². The Balaban J connectivity index is 1.52. The van der Waals surface area contributed by atoms with E-state index in [0.29, 0.717) is 22.9 Å². The van der Waals surface area contributed by atoms with Crippen LogP contribution in [0.2, 0.25) is 0 Å². The van der Waals surface area contributed by atoms with Gasteiger partial charge in [0.25, 0.3) is 0 Å². The fourth-order valence-corrected chi connectivity index (χ4v) is 3.51. The molecule has 0 spiro atoms. The maximum atomic E-state index is 12.5. The van der Waals surface area contributed by atoms with Crippen LogP contribution in [0, 0.1) is 6.92 Å². The molecule has 0 aliphatic heterocycles. The Morgan fingerprint density at radius 1 is 0.973 bits per heavy atom. The second kappa shape index (κ2) is 12.4. The number of methoxy groups -OCH3 is 1. The van der Waals surface area contributed by atoms with Gasteiger partial charge in [0.1, 0.15) is 17.7 Å². The predicted octanol–water partition coefficient (Wildman–Crippen LogP) is 4.05.